The number of hydrogen-bond acceptors (Lipinski definition) is 4. The number of primary amides is 1. The molecule has 2 aromatic rings. The van der Waals surface area contributed by atoms with Crippen molar-refractivity contribution in [3.63, 3.8) is 0 Å². The molecule has 1 amide bonds. The van der Waals surface area contributed by atoms with Gasteiger partial charge >= 0.3 is 5.97 Å². The summed E-state index contributed by atoms with van der Waals surface area (Å²) >= 11 is 3.25. The quantitative estimate of drug-likeness (QED) is 0.655. The topological polar surface area (TPSA) is 95.4 Å². The molecule has 2 rings (SSSR count). The molecule has 0 aliphatic heterocycles. The maximum atomic E-state index is 12.0. The van der Waals surface area contributed by atoms with Crippen LogP contribution in [0.3, 0.4) is 0 Å². The maximum Gasteiger partial charge on any atom is 0.338 e. The molecular weight excluding hydrogens is 336 g/mol. The van der Waals surface area contributed by atoms with Gasteiger partial charge in [0.25, 0.3) is 0 Å². The van der Waals surface area contributed by atoms with E-state index in [0.717, 1.165) is 0 Å². The molecule has 21 heavy (non-hydrogen) atoms. The summed E-state index contributed by atoms with van der Waals surface area (Å²) in [6.07, 6.45) is 0. The molecule has 0 radical (unpaired) electrons. The average molecular weight is 349 g/mol. The number of esters is 1. The first-order chi connectivity index (χ1) is 9.99. The third-order valence-corrected chi connectivity index (χ3v) is 3.60. The molecule has 0 heterocycles. The summed E-state index contributed by atoms with van der Waals surface area (Å²) in [4.78, 5) is 23.2. The molecule has 2 aromatic carbocycles. The van der Waals surface area contributed by atoms with Gasteiger partial charge in [-0.3, -0.25) is 4.79 Å². The van der Waals surface area contributed by atoms with Crippen LogP contribution in [0.15, 0.2) is 46.9 Å². The average Bonchev–Trinajstić information content (AvgIpc) is 2.47. The second kappa shape index (κ2) is 6.41. The van der Waals surface area contributed by atoms with Crippen LogP contribution in [0.2, 0.25) is 0 Å². The van der Waals surface area contributed by atoms with E-state index in [0.29, 0.717) is 26.9 Å². The van der Waals surface area contributed by atoms with E-state index in [2.05, 4.69) is 15.9 Å². The highest BCUT2D eigenvalue weighted by molar-refractivity contribution is 9.10. The molecule has 4 N–H and O–H groups in total. The van der Waals surface area contributed by atoms with Crippen LogP contribution in [0.25, 0.3) is 0 Å². The Morgan fingerprint density at radius 3 is 2.52 bits per heavy atom. The van der Waals surface area contributed by atoms with E-state index in [1.807, 2.05) is 0 Å². The molecule has 0 atom stereocenters. The van der Waals surface area contributed by atoms with Gasteiger partial charge in [0.05, 0.1) is 5.56 Å². The summed E-state index contributed by atoms with van der Waals surface area (Å²) < 4.78 is 5.89. The predicted octanol–water partition coefficient (Wildman–Crippen LogP) is 2.49. The smallest absolute Gasteiger partial charge is 0.338 e. The van der Waals surface area contributed by atoms with Crippen molar-refractivity contribution < 1.29 is 14.3 Å². The number of hydrogen-bond donors (Lipinski definition) is 2. The van der Waals surface area contributed by atoms with Gasteiger partial charge in [-0.15, -0.1) is 0 Å². The molecule has 0 fully saturated rings. The zero-order chi connectivity index (χ0) is 15.4. The van der Waals surface area contributed by atoms with Gasteiger partial charge < -0.3 is 16.2 Å². The highest BCUT2D eigenvalue weighted by Gasteiger charge is 2.12. The van der Waals surface area contributed by atoms with Crippen molar-refractivity contribution in [3.05, 3.63) is 63.6 Å². The van der Waals surface area contributed by atoms with E-state index in [-0.39, 0.29) is 6.61 Å². The minimum atomic E-state index is -0.561. The van der Waals surface area contributed by atoms with Crippen LogP contribution in [0.1, 0.15) is 26.3 Å². The van der Waals surface area contributed by atoms with Gasteiger partial charge in [0.2, 0.25) is 5.91 Å². The van der Waals surface area contributed by atoms with Gasteiger partial charge in [-0.1, -0.05) is 18.2 Å². The van der Waals surface area contributed by atoms with Gasteiger partial charge in [-0.2, -0.15) is 0 Å². The first-order valence-electron chi connectivity index (χ1n) is 6.09. The number of carbonyl (C=O) groups excluding carboxylic acids is 2. The van der Waals surface area contributed by atoms with Crippen LogP contribution in [-0.4, -0.2) is 11.9 Å². The van der Waals surface area contributed by atoms with Crippen LogP contribution < -0.4 is 11.5 Å². The summed E-state index contributed by atoms with van der Waals surface area (Å²) in [6.45, 7) is -0.0338. The van der Waals surface area contributed by atoms with E-state index in [4.69, 9.17) is 16.2 Å². The fraction of sp³-hybridized carbons (Fsp3) is 0.0667. The molecule has 0 spiro atoms. The van der Waals surface area contributed by atoms with Crippen molar-refractivity contribution in [1.82, 2.24) is 0 Å². The highest BCUT2D eigenvalue weighted by Crippen LogP contribution is 2.21. The molecule has 108 valence electrons. The predicted molar refractivity (Wildman–Crippen MR) is 82.6 cm³/mol. The molecule has 0 aliphatic carbocycles. The van der Waals surface area contributed by atoms with Gasteiger partial charge in [0.15, 0.2) is 0 Å². The van der Waals surface area contributed by atoms with E-state index < -0.39 is 11.9 Å². The van der Waals surface area contributed by atoms with Gasteiger partial charge in [-0.05, 0) is 40.2 Å². The summed E-state index contributed by atoms with van der Waals surface area (Å²) in [7, 11) is 0. The van der Waals surface area contributed by atoms with Crippen LogP contribution in [0, 0.1) is 0 Å². The fourth-order valence-electron chi connectivity index (χ4n) is 1.78. The molecule has 0 saturated heterocycles. The zero-order valence-corrected chi connectivity index (χ0v) is 12.6. The standard InChI is InChI=1S/C15H13BrN2O3/c16-12-6-5-9(7-13(12)17)15(20)21-8-10-3-1-2-4-11(10)14(18)19/h1-7H,8,17H2,(H2,18,19). The van der Waals surface area contributed by atoms with Crippen LogP contribution in [-0.2, 0) is 11.3 Å². The summed E-state index contributed by atoms with van der Waals surface area (Å²) in [5.74, 6) is -1.08. The lowest BCUT2D eigenvalue weighted by atomic mass is 10.1. The number of nitrogens with two attached hydrogens (primary N) is 2. The minimum absolute atomic E-state index is 0.0338. The second-order valence-electron chi connectivity index (χ2n) is 4.33. The SMILES string of the molecule is NC(=O)c1ccccc1COC(=O)c1ccc(Br)c(N)c1. The lowest BCUT2D eigenvalue weighted by molar-refractivity contribution is 0.0470. The Labute approximate surface area is 130 Å². The van der Waals surface area contributed by atoms with Crippen molar-refractivity contribution in [2.75, 3.05) is 5.73 Å². The first-order valence-corrected chi connectivity index (χ1v) is 6.88. The molecule has 0 bridgehead atoms. The fourth-order valence-corrected chi connectivity index (χ4v) is 2.03. The van der Waals surface area contributed by atoms with Crippen molar-refractivity contribution >= 4 is 33.5 Å². The largest absolute Gasteiger partial charge is 0.457 e. The third kappa shape index (κ3) is 3.61. The monoisotopic (exact) mass is 348 g/mol. The number of rotatable bonds is 4. The molecular formula is C15H13BrN2O3. The Kier molecular flexibility index (Phi) is 4.59. The summed E-state index contributed by atoms with van der Waals surface area (Å²) in [6, 6.07) is 11.5. The van der Waals surface area contributed by atoms with Crippen molar-refractivity contribution in [2.24, 2.45) is 5.73 Å². The molecule has 0 unspecified atom stereocenters. The Morgan fingerprint density at radius 2 is 1.86 bits per heavy atom. The minimum Gasteiger partial charge on any atom is -0.457 e. The highest BCUT2D eigenvalue weighted by atomic mass is 79.9. The van der Waals surface area contributed by atoms with Crippen LogP contribution in [0.4, 0.5) is 5.69 Å². The lowest BCUT2D eigenvalue weighted by Crippen LogP contribution is -2.15. The number of anilines is 1. The van der Waals surface area contributed by atoms with Crippen molar-refractivity contribution in [1.29, 1.82) is 0 Å². The molecule has 5 nitrogen and oxygen atoms in total. The Balaban J connectivity index is 2.11. The maximum absolute atomic E-state index is 12.0. The molecule has 0 aromatic heterocycles. The normalized spacial score (nSPS) is 10.1. The zero-order valence-electron chi connectivity index (χ0n) is 11.0. The number of benzene rings is 2. The summed E-state index contributed by atoms with van der Waals surface area (Å²) in [5, 5.41) is 0. The van der Waals surface area contributed by atoms with Gasteiger partial charge in [0, 0.05) is 21.3 Å². The lowest BCUT2D eigenvalue weighted by Gasteiger charge is -2.08. The van der Waals surface area contributed by atoms with Crippen LogP contribution in [0.5, 0.6) is 0 Å². The first kappa shape index (κ1) is 15.1. The molecule has 0 saturated carbocycles. The van der Waals surface area contributed by atoms with Gasteiger partial charge in [0.1, 0.15) is 6.61 Å². The molecule has 6 heteroatoms. The number of halogens is 1. The Bertz CT molecular complexity index is 701. The van der Waals surface area contributed by atoms with E-state index in [1.165, 1.54) is 6.07 Å². The van der Waals surface area contributed by atoms with Crippen molar-refractivity contribution in [2.45, 2.75) is 6.61 Å². The van der Waals surface area contributed by atoms with Crippen molar-refractivity contribution in [3.8, 4) is 0 Å². The number of nitrogen functional groups attached to an aromatic ring is 1. The van der Waals surface area contributed by atoms with Crippen LogP contribution >= 0.6 is 15.9 Å². The summed E-state index contributed by atoms with van der Waals surface area (Å²) in [5.41, 5.74) is 12.7. The van der Waals surface area contributed by atoms with Gasteiger partial charge in [-0.25, -0.2) is 4.79 Å². The van der Waals surface area contributed by atoms with E-state index >= 15 is 0 Å². The Hall–Kier alpha value is -2.34. The number of carbonyl (C=O) groups is 2. The third-order valence-electron chi connectivity index (χ3n) is 2.87. The van der Waals surface area contributed by atoms with E-state index in [9.17, 15) is 9.59 Å². The van der Waals surface area contributed by atoms with E-state index in [1.54, 1.807) is 36.4 Å². The number of amides is 1. The second-order valence-corrected chi connectivity index (χ2v) is 5.19. The Morgan fingerprint density at radius 1 is 1.14 bits per heavy atom. The molecule has 0 aliphatic rings. The number of ether oxygens (including phenoxy) is 1.